The van der Waals surface area contributed by atoms with Crippen molar-refractivity contribution in [3.63, 3.8) is 0 Å². The Bertz CT molecular complexity index is 2100. The smallest absolute Gasteiger partial charge is 0.220 e. The third-order valence-electron chi connectivity index (χ3n) is 18.4. The van der Waals surface area contributed by atoms with Gasteiger partial charge in [0.25, 0.3) is 0 Å². The highest BCUT2D eigenvalue weighted by Gasteiger charge is 2.51. The molecule has 0 bridgehead atoms. The van der Waals surface area contributed by atoms with Crippen molar-refractivity contribution < 1.29 is 64.6 Å². The summed E-state index contributed by atoms with van der Waals surface area (Å²) < 4.78 is 23.0. The van der Waals surface area contributed by atoms with Gasteiger partial charge in [0.15, 0.2) is 12.6 Å². The van der Waals surface area contributed by atoms with Gasteiger partial charge in [-0.1, -0.05) is 328 Å². The van der Waals surface area contributed by atoms with Crippen molar-refractivity contribution in [2.45, 2.75) is 376 Å². The van der Waals surface area contributed by atoms with E-state index in [1.54, 1.807) is 0 Å². The zero-order valence-electron chi connectivity index (χ0n) is 61.0. The Balaban J connectivity index is 1.63. The Kier molecular flexibility index (Phi) is 60.6. The second-order valence-corrected chi connectivity index (χ2v) is 27.1. The molecule has 97 heavy (non-hydrogen) atoms. The first-order chi connectivity index (χ1) is 47.6. The Morgan fingerprint density at radius 3 is 1.09 bits per heavy atom. The van der Waals surface area contributed by atoms with Crippen molar-refractivity contribution in [3.8, 4) is 0 Å². The van der Waals surface area contributed by atoms with E-state index < -0.39 is 86.8 Å². The molecule has 0 aromatic heterocycles. The third-order valence-corrected chi connectivity index (χ3v) is 18.4. The highest BCUT2D eigenvalue weighted by atomic mass is 16.7. The zero-order chi connectivity index (χ0) is 70.1. The van der Waals surface area contributed by atoms with Crippen LogP contribution in [-0.4, -0.2) is 140 Å². The Morgan fingerprint density at radius 2 is 0.711 bits per heavy atom. The van der Waals surface area contributed by atoms with E-state index in [1.165, 1.54) is 148 Å². The molecule has 2 heterocycles. The van der Waals surface area contributed by atoms with Gasteiger partial charge in [-0.3, -0.25) is 4.79 Å². The van der Waals surface area contributed by atoms with E-state index in [2.05, 4.69) is 141 Å². The summed E-state index contributed by atoms with van der Waals surface area (Å²) in [5.74, 6) is -0.216. The standard InChI is InChI=1S/C83H143NO13/c1-3-5-7-9-11-13-15-17-19-21-23-25-27-29-30-31-32-33-34-35-36-37-38-39-40-41-42-43-45-47-49-51-53-55-57-59-61-63-65-67-75(88)84-71(70-94-82-80(93)78(91)81(74(69-86)96-82)97-83-79(92)77(90)76(89)73(68-85)95-83)72(87)66-64-62-60-58-56-54-52-50-48-46-44-28-26-24-22-20-18-16-14-12-10-8-6-4-2/h5,7,11,13,17,19,23,25,29-30,32-33,35-36,38-39,41-42,45,47,71-74,76-83,85-87,89-93H,3-4,6,8-10,12,14-16,18,20-22,24,26-28,31,34,37,40,43-44,46,48-70H2,1-2H3,(H,84,88)/b7-5-,13-11-,19-17-,25-23-,30-29-,33-32-,36-35-,39-38-,42-41-,47-45-. The topological polar surface area (TPSA) is 228 Å². The van der Waals surface area contributed by atoms with Crippen LogP contribution < -0.4 is 5.32 Å². The quantitative estimate of drug-likeness (QED) is 0.0204. The minimum Gasteiger partial charge on any atom is -0.394 e. The minimum atomic E-state index is -1.79. The monoisotopic (exact) mass is 1360 g/mol. The summed E-state index contributed by atoms with van der Waals surface area (Å²) in [5.41, 5.74) is 0. The average Bonchev–Trinajstić information content (AvgIpc) is 0.794. The Hall–Kier alpha value is -3.61. The fraction of sp³-hybridized carbons (Fsp3) is 0.747. The molecule has 9 N–H and O–H groups in total. The maximum Gasteiger partial charge on any atom is 0.220 e. The SMILES string of the molecule is CC/C=C\C/C=C\C/C=C\C/C=C\C/C=C\C/C=C\C/C=C\C/C=C\C/C=C\C/C=C\CCCCCCCCCCC(=O)NC(COC1OC(CO)C(OC2OC(CO)C(O)C(O)C2O)C(O)C1O)C(O)CCCCCCCCCCCCCCCCCCCCCCCCCC. The molecule has 1 amide bonds. The van der Waals surface area contributed by atoms with E-state index in [1.807, 2.05) is 0 Å². The van der Waals surface area contributed by atoms with E-state index in [0.717, 1.165) is 122 Å². The number of aliphatic hydroxyl groups excluding tert-OH is 8. The van der Waals surface area contributed by atoms with Gasteiger partial charge in [0.1, 0.15) is 48.8 Å². The summed E-state index contributed by atoms with van der Waals surface area (Å²) in [6, 6.07) is -0.843. The number of rotatable bonds is 64. The fourth-order valence-electron chi connectivity index (χ4n) is 12.3. The summed E-state index contributed by atoms with van der Waals surface area (Å²) >= 11 is 0. The molecule has 2 aliphatic rings. The lowest BCUT2D eigenvalue weighted by Gasteiger charge is -2.46. The molecule has 12 atom stereocenters. The summed E-state index contributed by atoms with van der Waals surface area (Å²) in [4.78, 5) is 13.4. The molecule has 14 heteroatoms. The van der Waals surface area contributed by atoms with Gasteiger partial charge < -0.3 is 65.1 Å². The summed E-state index contributed by atoms with van der Waals surface area (Å²) in [5, 5.41) is 87.8. The number of amides is 1. The number of carbonyl (C=O) groups is 1. The summed E-state index contributed by atoms with van der Waals surface area (Å²) in [6.45, 7) is 2.77. The molecule has 12 unspecified atom stereocenters. The lowest BCUT2D eigenvalue weighted by molar-refractivity contribution is -0.359. The van der Waals surface area contributed by atoms with E-state index in [9.17, 15) is 45.6 Å². The van der Waals surface area contributed by atoms with Gasteiger partial charge in [-0.05, 0) is 89.9 Å². The maximum atomic E-state index is 13.4. The number of nitrogens with one attached hydrogen (secondary N) is 1. The first kappa shape index (κ1) is 89.5. The van der Waals surface area contributed by atoms with Gasteiger partial charge in [0, 0.05) is 6.42 Å². The van der Waals surface area contributed by atoms with Crippen molar-refractivity contribution in [3.05, 3.63) is 122 Å². The van der Waals surface area contributed by atoms with Crippen molar-refractivity contribution in [1.82, 2.24) is 5.32 Å². The van der Waals surface area contributed by atoms with Gasteiger partial charge in [-0.2, -0.15) is 0 Å². The van der Waals surface area contributed by atoms with Crippen LogP contribution in [0.4, 0.5) is 0 Å². The molecule has 2 saturated heterocycles. The molecule has 558 valence electrons. The Morgan fingerprint density at radius 1 is 0.381 bits per heavy atom. The molecule has 2 rings (SSSR count). The molecule has 0 saturated carbocycles. The van der Waals surface area contributed by atoms with Gasteiger partial charge in [0.05, 0.1) is 32.0 Å². The highest BCUT2D eigenvalue weighted by Crippen LogP contribution is 2.30. The van der Waals surface area contributed by atoms with Crippen LogP contribution in [0.2, 0.25) is 0 Å². The molecule has 0 spiro atoms. The molecular weight excluding hydrogens is 1220 g/mol. The first-order valence-corrected chi connectivity index (χ1v) is 39.3. The van der Waals surface area contributed by atoms with Crippen LogP contribution in [0.3, 0.4) is 0 Å². The molecular formula is C83H143NO13. The molecule has 0 radical (unpaired) electrons. The molecule has 14 nitrogen and oxygen atoms in total. The minimum absolute atomic E-state index is 0.216. The number of ether oxygens (including phenoxy) is 4. The lowest BCUT2D eigenvalue weighted by Crippen LogP contribution is -2.65. The van der Waals surface area contributed by atoms with Crippen LogP contribution in [0.15, 0.2) is 122 Å². The largest absolute Gasteiger partial charge is 0.394 e. The fourth-order valence-corrected chi connectivity index (χ4v) is 12.3. The van der Waals surface area contributed by atoms with Crippen molar-refractivity contribution in [1.29, 1.82) is 0 Å². The lowest BCUT2D eigenvalue weighted by atomic mass is 9.97. The molecule has 2 fully saturated rings. The predicted octanol–water partition coefficient (Wildman–Crippen LogP) is 17.6. The van der Waals surface area contributed by atoms with Gasteiger partial charge in [-0.15, -0.1) is 0 Å². The zero-order valence-corrected chi connectivity index (χ0v) is 61.0. The normalized spacial score (nSPS) is 22.8. The molecule has 0 aromatic rings. The van der Waals surface area contributed by atoms with Crippen LogP contribution in [-0.2, 0) is 23.7 Å². The van der Waals surface area contributed by atoms with Gasteiger partial charge in [0.2, 0.25) is 5.91 Å². The predicted molar refractivity (Wildman–Crippen MR) is 401 cm³/mol. The second-order valence-electron chi connectivity index (χ2n) is 27.1. The maximum absolute atomic E-state index is 13.4. The molecule has 0 aromatic carbocycles. The van der Waals surface area contributed by atoms with Crippen LogP contribution in [0.25, 0.3) is 0 Å². The van der Waals surface area contributed by atoms with E-state index in [-0.39, 0.29) is 18.9 Å². The summed E-state index contributed by atoms with van der Waals surface area (Å²) in [7, 11) is 0. The average molecular weight is 1360 g/mol. The molecule has 2 aliphatic heterocycles. The van der Waals surface area contributed by atoms with Gasteiger partial charge in [-0.25, -0.2) is 0 Å². The first-order valence-electron chi connectivity index (χ1n) is 39.3. The molecule has 0 aliphatic carbocycles. The summed E-state index contributed by atoms with van der Waals surface area (Å²) in [6.07, 6.45) is 79.3. The van der Waals surface area contributed by atoms with Crippen molar-refractivity contribution in [2.24, 2.45) is 0 Å². The number of carbonyl (C=O) groups excluding carboxylic acids is 1. The number of allylic oxidation sites excluding steroid dienone is 20. The van der Waals surface area contributed by atoms with Crippen LogP contribution in [0.5, 0.6) is 0 Å². The van der Waals surface area contributed by atoms with Crippen molar-refractivity contribution >= 4 is 5.91 Å². The highest BCUT2D eigenvalue weighted by molar-refractivity contribution is 5.76. The van der Waals surface area contributed by atoms with Crippen LogP contribution in [0.1, 0.15) is 303 Å². The number of hydrogen-bond donors (Lipinski definition) is 9. The van der Waals surface area contributed by atoms with Crippen LogP contribution >= 0.6 is 0 Å². The second kappa shape index (κ2) is 65.7. The number of unbranched alkanes of at least 4 members (excludes halogenated alkanes) is 31. The van der Waals surface area contributed by atoms with Crippen LogP contribution in [0, 0.1) is 0 Å². The van der Waals surface area contributed by atoms with E-state index in [0.29, 0.717) is 12.8 Å². The third kappa shape index (κ3) is 48.8. The number of aliphatic hydroxyl groups is 8. The van der Waals surface area contributed by atoms with Gasteiger partial charge >= 0.3 is 0 Å². The number of hydrogen-bond acceptors (Lipinski definition) is 13. The van der Waals surface area contributed by atoms with E-state index >= 15 is 0 Å². The van der Waals surface area contributed by atoms with E-state index in [4.69, 9.17) is 18.9 Å². The van der Waals surface area contributed by atoms with Crippen molar-refractivity contribution in [2.75, 3.05) is 19.8 Å². The Labute approximate surface area is 590 Å².